The molecule has 1 aliphatic heterocycles. The fourth-order valence-electron chi connectivity index (χ4n) is 2.64. The highest BCUT2D eigenvalue weighted by Gasteiger charge is 2.36. The second-order valence-corrected chi connectivity index (χ2v) is 6.36. The minimum Gasteiger partial charge on any atom is -0.462 e. The number of nitrogens with zero attached hydrogens (tertiary/aromatic N) is 1. The van der Waals surface area contributed by atoms with Gasteiger partial charge in [-0.1, -0.05) is 26.0 Å². The van der Waals surface area contributed by atoms with Gasteiger partial charge in [-0.05, 0) is 48.7 Å². The molecule has 0 saturated carbocycles. The molecule has 0 spiro atoms. The summed E-state index contributed by atoms with van der Waals surface area (Å²) < 4.78 is 5.21. The molecule has 0 radical (unpaired) electrons. The van der Waals surface area contributed by atoms with Crippen LogP contribution in [0.15, 0.2) is 48.5 Å². The van der Waals surface area contributed by atoms with Crippen LogP contribution in [0.2, 0.25) is 0 Å². The SMILES string of the molecule is CC(C)CCOC(=O)c1ccc(N2C(=O)c3ccccc3C2=O)cc1. The average Bonchev–Trinajstić information content (AvgIpc) is 2.86. The first-order valence-electron chi connectivity index (χ1n) is 8.24. The minimum absolute atomic E-state index is 0.354. The quantitative estimate of drug-likeness (QED) is 0.616. The molecule has 5 heteroatoms. The molecule has 1 aliphatic rings. The van der Waals surface area contributed by atoms with E-state index in [4.69, 9.17) is 4.74 Å². The first kappa shape index (κ1) is 16.9. The van der Waals surface area contributed by atoms with Crippen molar-refractivity contribution in [3.05, 3.63) is 65.2 Å². The van der Waals surface area contributed by atoms with Gasteiger partial charge in [-0.25, -0.2) is 9.69 Å². The fraction of sp³-hybridized carbons (Fsp3) is 0.250. The Labute approximate surface area is 146 Å². The van der Waals surface area contributed by atoms with E-state index in [2.05, 4.69) is 13.8 Å². The van der Waals surface area contributed by atoms with Crippen LogP contribution >= 0.6 is 0 Å². The Hall–Kier alpha value is -2.95. The van der Waals surface area contributed by atoms with Crippen molar-refractivity contribution >= 4 is 23.5 Å². The molecule has 5 nitrogen and oxygen atoms in total. The molecule has 2 aromatic carbocycles. The number of amides is 2. The van der Waals surface area contributed by atoms with Gasteiger partial charge in [0, 0.05) is 0 Å². The lowest BCUT2D eigenvalue weighted by molar-refractivity contribution is 0.0488. The molecule has 3 rings (SSSR count). The largest absolute Gasteiger partial charge is 0.462 e. The summed E-state index contributed by atoms with van der Waals surface area (Å²) in [6.07, 6.45) is 0.804. The molecule has 0 saturated heterocycles. The Kier molecular flexibility index (Phi) is 4.65. The van der Waals surface area contributed by atoms with Crippen molar-refractivity contribution in [3.63, 3.8) is 0 Å². The summed E-state index contributed by atoms with van der Waals surface area (Å²) >= 11 is 0. The lowest BCUT2D eigenvalue weighted by atomic mass is 10.1. The highest BCUT2D eigenvalue weighted by molar-refractivity contribution is 6.34. The van der Waals surface area contributed by atoms with Crippen LogP contribution in [0.1, 0.15) is 51.3 Å². The van der Waals surface area contributed by atoms with E-state index in [1.807, 2.05) is 0 Å². The molecule has 0 unspecified atom stereocenters. The lowest BCUT2D eigenvalue weighted by Crippen LogP contribution is -2.29. The molecular weight excluding hydrogens is 318 g/mol. The summed E-state index contributed by atoms with van der Waals surface area (Å²) in [7, 11) is 0. The highest BCUT2D eigenvalue weighted by atomic mass is 16.5. The van der Waals surface area contributed by atoms with Gasteiger partial charge in [0.05, 0.1) is 29.0 Å². The highest BCUT2D eigenvalue weighted by Crippen LogP contribution is 2.28. The smallest absolute Gasteiger partial charge is 0.338 e. The van der Waals surface area contributed by atoms with E-state index in [9.17, 15) is 14.4 Å². The van der Waals surface area contributed by atoms with Crippen LogP contribution in [0, 0.1) is 5.92 Å². The number of carbonyl (C=O) groups is 3. The normalized spacial score (nSPS) is 13.3. The molecule has 128 valence electrons. The van der Waals surface area contributed by atoms with E-state index in [-0.39, 0.29) is 11.8 Å². The molecule has 0 fully saturated rings. The Morgan fingerprint density at radius 1 is 0.960 bits per heavy atom. The summed E-state index contributed by atoms with van der Waals surface area (Å²) in [5, 5.41) is 0. The van der Waals surface area contributed by atoms with Crippen LogP contribution in [0.3, 0.4) is 0 Å². The second kappa shape index (κ2) is 6.89. The molecule has 2 amide bonds. The topological polar surface area (TPSA) is 63.7 Å². The second-order valence-electron chi connectivity index (χ2n) is 6.36. The molecule has 0 atom stereocenters. The zero-order chi connectivity index (χ0) is 18.0. The van der Waals surface area contributed by atoms with Gasteiger partial charge in [-0.15, -0.1) is 0 Å². The van der Waals surface area contributed by atoms with E-state index in [1.165, 1.54) is 0 Å². The molecule has 0 aliphatic carbocycles. The van der Waals surface area contributed by atoms with Crippen molar-refractivity contribution in [1.82, 2.24) is 0 Å². The zero-order valence-electron chi connectivity index (χ0n) is 14.2. The fourth-order valence-corrected chi connectivity index (χ4v) is 2.64. The molecule has 0 aromatic heterocycles. The lowest BCUT2D eigenvalue weighted by Gasteiger charge is -2.14. The monoisotopic (exact) mass is 337 g/mol. The summed E-state index contributed by atoms with van der Waals surface area (Å²) in [6.45, 7) is 4.49. The third-order valence-corrected chi connectivity index (χ3v) is 4.08. The number of imide groups is 1. The van der Waals surface area contributed by atoms with Crippen molar-refractivity contribution in [1.29, 1.82) is 0 Å². The van der Waals surface area contributed by atoms with Crippen LogP contribution in [0.25, 0.3) is 0 Å². The zero-order valence-corrected chi connectivity index (χ0v) is 14.2. The average molecular weight is 337 g/mol. The Balaban J connectivity index is 1.74. The third-order valence-electron chi connectivity index (χ3n) is 4.08. The number of carbonyl (C=O) groups excluding carboxylic acids is 3. The summed E-state index contributed by atoms with van der Waals surface area (Å²) in [6, 6.07) is 13.0. The number of hydrogen-bond donors (Lipinski definition) is 0. The predicted octanol–water partition coefficient (Wildman–Crippen LogP) is 3.69. The van der Waals surface area contributed by atoms with Gasteiger partial charge in [0.15, 0.2) is 0 Å². The Bertz CT molecular complexity index is 789. The number of rotatable bonds is 5. The van der Waals surface area contributed by atoms with Gasteiger partial charge in [0.2, 0.25) is 0 Å². The maximum absolute atomic E-state index is 12.4. The van der Waals surface area contributed by atoms with Crippen LogP contribution in [-0.2, 0) is 4.74 Å². The number of fused-ring (bicyclic) bond motifs is 1. The predicted molar refractivity (Wildman–Crippen MR) is 93.8 cm³/mol. The van der Waals surface area contributed by atoms with Crippen LogP contribution < -0.4 is 4.90 Å². The van der Waals surface area contributed by atoms with E-state index >= 15 is 0 Å². The maximum atomic E-state index is 12.4. The van der Waals surface area contributed by atoms with Crippen molar-refractivity contribution in [2.24, 2.45) is 5.92 Å². The summed E-state index contributed by atoms with van der Waals surface area (Å²) in [5.41, 5.74) is 1.61. The van der Waals surface area contributed by atoms with E-state index < -0.39 is 5.97 Å². The first-order valence-corrected chi connectivity index (χ1v) is 8.24. The van der Waals surface area contributed by atoms with Gasteiger partial charge < -0.3 is 4.74 Å². The molecule has 2 aromatic rings. The van der Waals surface area contributed by atoms with E-state index in [1.54, 1.807) is 48.5 Å². The van der Waals surface area contributed by atoms with Crippen molar-refractivity contribution in [2.45, 2.75) is 20.3 Å². The molecule has 0 N–H and O–H groups in total. The number of benzene rings is 2. The van der Waals surface area contributed by atoms with Crippen molar-refractivity contribution < 1.29 is 19.1 Å². The maximum Gasteiger partial charge on any atom is 0.338 e. The summed E-state index contributed by atoms with van der Waals surface area (Å²) in [4.78, 5) is 38.0. The van der Waals surface area contributed by atoms with Gasteiger partial charge in [-0.3, -0.25) is 9.59 Å². The molecule has 1 heterocycles. The Morgan fingerprint density at radius 2 is 1.52 bits per heavy atom. The van der Waals surface area contributed by atoms with Crippen LogP contribution in [0.4, 0.5) is 5.69 Å². The molecular formula is C20H19NO4. The van der Waals surface area contributed by atoms with Crippen molar-refractivity contribution in [3.8, 4) is 0 Å². The molecule has 25 heavy (non-hydrogen) atoms. The Morgan fingerprint density at radius 3 is 2.04 bits per heavy atom. The summed E-state index contributed by atoms with van der Waals surface area (Å²) in [5.74, 6) is -0.653. The van der Waals surface area contributed by atoms with Gasteiger partial charge in [0.1, 0.15) is 0 Å². The standard InChI is InChI=1S/C20H19NO4/c1-13(2)11-12-25-20(24)14-7-9-15(10-8-14)21-18(22)16-5-3-4-6-17(16)19(21)23/h3-10,13H,11-12H2,1-2H3. The van der Waals surface area contributed by atoms with E-state index in [0.717, 1.165) is 11.3 Å². The number of esters is 1. The number of anilines is 1. The van der Waals surface area contributed by atoms with Crippen molar-refractivity contribution in [2.75, 3.05) is 11.5 Å². The van der Waals surface area contributed by atoms with Crippen LogP contribution in [-0.4, -0.2) is 24.4 Å². The van der Waals surface area contributed by atoms with Gasteiger partial charge in [-0.2, -0.15) is 0 Å². The minimum atomic E-state index is -0.408. The van der Waals surface area contributed by atoms with Gasteiger partial charge in [0.25, 0.3) is 11.8 Å². The van der Waals surface area contributed by atoms with Gasteiger partial charge >= 0.3 is 5.97 Å². The van der Waals surface area contributed by atoms with E-state index in [0.29, 0.717) is 34.9 Å². The first-order chi connectivity index (χ1) is 12.0. The third kappa shape index (κ3) is 3.31. The number of ether oxygens (including phenoxy) is 1. The van der Waals surface area contributed by atoms with Crippen LogP contribution in [0.5, 0.6) is 0 Å². The molecule has 0 bridgehead atoms. The number of hydrogen-bond acceptors (Lipinski definition) is 4.